The number of nitrogens with one attached hydrogen (secondary N) is 1. The van der Waals surface area contributed by atoms with Gasteiger partial charge in [0.15, 0.2) is 0 Å². The van der Waals surface area contributed by atoms with Gasteiger partial charge < -0.3 is 24.3 Å². The minimum Gasteiger partial charge on any atom is -0.496 e. The predicted octanol–water partition coefficient (Wildman–Crippen LogP) is 5.31. The Morgan fingerprint density at radius 1 is 0.914 bits per heavy atom. The van der Waals surface area contributed by atoms with Crippen LogP contribution in [0.4, 0.5) is 0 Å². The van der Waals surface area contributed by atoms with Crippen molar-refractivity contribution < 1.29 is 24.1 Å². The number of carboxylic acids is 1. The van der Waals surface area contributed by atoms with Crippen molar-refractivity contribution in [3.63, 3.8) is 0 Å². The molecule has 8 nitrogen and oxygen atoms in total. The highest BCUT2D eigenvalue weighted by atomic mass is 16.5. The molecule has 2 aromatic carbocycles. The van der Waals surface area contributed by atoms with Crippen LogP contribution in [0.25, 0.3) is 33.9 Å². The number of carboxylic acid groups (broad SMARTS) is 1. The van der Waals surface area contributed by atoms with E-state index in [-0.39, 0.29) is 6.61 Å². The molecule has 180 valence electrons. The minimum absolute atomic E-state index is 0.0838. The summed E-state index contributed by atoms with van der Waals surface area (Å²) in [5, 5.41) is 9.22. The van der Waals surface area contributed by atoms with Crippen molar-refractivity contribution in [3.8, 4) is 51.2 Å². The SMILES string of the molecule is COc1cccc(OC)c1-c1cnc(-c2ccc(-c3ccc(OCC(C)(C)C(=O)O)cc3)nc2)[nH]1. The lowest BCUT2D eigenvalue weighted by Gasteiger charge is -2.19. The van der Waals surface area contributed by atoms with Crippen molar-refractivity contribution >= 4 is 5.97 Å². The number of methoxy groups -OCH3 is 2. The van der Waals surface area contributed by atoms with E-state index in [2.05, 4.69) is 15.0 Å². The molecule has 2 heterocycles. The molecule has 4 aromatic rings. The van der Waals surface area contributed by atoms with Crippen LogP contribution < -0.4 is 14.2 Å². The second-order valence-electron chi connectivity index (χ2n) is 8.62. The summed E-state index contributed by atoms with van der Waals surface area (Å²) in [6.45, 7) is 3.34. The molecule has 2 aromatic heterocycles. The molecule has 2 N–H and O–H groups in total. The lowest BCUT2D eigenvalue weighted by molar-refractivity contribution is -0.148. The average Bonchev–Trinajstić information content (AvgIpc) is 3.37. The number of aromatic nitrogens is 3. The first-order valence-electron chi connectivity index (χ1n) is 11.0. The van der Waals surface area contributed by atoms with Gasteiger partial charge in [-0.15, -0.1) is 0 Å². The first-order chi connectivity index (χ1) is 16.8. The average molecular weight is 474 g/mol. The van der Waals surface area contributed by atoms with Gasteiger partial charge in [0.1, 0.15) is 29.7 Å². The van der Waals surface area contributed by atoms with Crippen molar-refractivity contribution in [3.05, 3.63) is 67.0 Å². The number of hydrogen-bond acceptors (Lipinski definition) is 6. The molecule has 0 fully saturated rings. The predicted molar refractivity (Wildman–Crippen MR) is 133 cm³/mol. The summed E-state index contributed by atoms with van der Waals surface area (Å²) >= 11 is 0. The lowest BCUT2D eigenvalue weighted by Crippen LogP contribution is -2.30. The number of H-pyrrole nitrogens is 1. The van der Waals surface area contributed by atoms with E-state index in [1.807, 2.05) is 54.6 Å². The van der Waals surface area contributed by atoms with Crippen LogP contribution in [-0.4, -0.2) is 46.9 Å². The Balaban J connectivity index is 1.50. The van der Waals surface area contributed by atoms with Gasteiger partial charge in [-0.1, -0.05) is 6.07 Å². The molecule has 0 radical (unpaired) electrons. The molecular formula is C27H27N3O5. The first-order valence-corrected chi connectivity index (χ1v) is 11.0. The molecule has 35 heavy (non-hydrogen) atoms. The number of pyridine rings is 1. The van der Waals surface area contributed by atoms with Crippen LogP contribution in [0.3, 0.4) is 0 Å². The number of imidazole rings is 1. The van der Waals surface area contributed by atoms with Crippen LogP contribution in [0.2, 0.25) is 0 Å². The molecule has 0 atom stereocenters. The van der Waals surface area contributed by atoms with Crippen molar-refractivity contribution in [1.82, 2.24) is 15.0 Å². The number of benzene rings is 2. The van der Waals surface area contributed by atoms with Crippen LogP contribution in [0.5, 0.6) is 17.2 Å². The van der Waals surface area contributed by atoms with Gasteiger partial charge in [-0.3, -0.25) is 9.78 Å². The molecule has 4 rings (SSSR count). The maximum Gasteiger partial charge on any atom is 0.312 e. The summed E-state index contributed by atoms with van der Waals surface area (Å²) in [6.07, 6.45) is 3.51. The number of carbonyl (C=O) groups is 1. The fourth-order valence-corrected chi connectivity index (χ4v) is 3.46. The van der Waals surface area contributed by atoms with Gasteiger partial charge in [-0.05, 0) is 62.4 Å². The number of hydrogen-bond donors (Lipinski definition) is 2. The first kappa shape index (κ1) is 23.8. The van der Waals surface area contributed by atoms with Crippen LogP contribution in [0.1, 0.15) is 13.8 Å². The van der Waals surface area contributed by atoms with Crippen LogP contribution in [0.15, 0.2) is 67.0 Å². The van der Waals surface area contributed by atoms with Crippen molar-refractivity contribution in [2.75, 3.05) is 20.8 Å². The van der Waals surface area contributed by atoms with Crippen LogP contribution >= 0.6 is 0 Å². The number of aliphatic carboxylic acids is 1. The van der Waals surface area contributed by atoms with Crippen LogP contribution in [0, 0.1) is 5.41 Å². The summed E-state index contributed by atoms with van der Waals surface area (Å²) in [5.74, 6) is 1.76. The maximum absolute atomic E-state index is 11.2. The number of aromatic amines is 1. The third kappa shape index (κ3) is 5.11. The molecule has 0 aliphatic heterocycles. The van der Waals surface area contributed by atoms with E-state index >= 15 is 0 Å². The number of nitrogens with zero attached hydrogens (tertiary/aromatic N) is 2. The fraction of sp³-hybridized carbons (Fsp3) is 0.222. The second-order valence-corrected chi connectivity index (χ2v) is 8.62. The van der Waals surface area contributed by atoms with Crippen LogP contribution in [-0.2, 0) is 4.79 Å². The van der Waals surface area contributed by atoms with Gasteiger partial charge in [-0.25, -0.2) is 4.98 Å². The molecule has 0 spiro atoms. The fourth-order valence-electron chi connectivity index (χ4n) is 3.46. The molecule has 8 heteroatoms. The third-order valence-electron chi connectivity index (χ3n) is 5.64. The highest BCUT2D eigenvalue weighted by Crippen LogP contribution is 2.38. The van der Waals surface area contributed by atoms with Crippen molar-refractivity contribution in [2.45, 2.75) is 13.8 Å². The highest BCUT2D eigenvalue weighted by molar-refractivity contribution is 5.76. The molecule has 0 bridgehead atoms. The van der Waals surface area contributed by atoms with Crippen molar-refractivity contribution in [2.24, 2.45) is 5.41 Å². The van der Waals surface area contributed by atoms with E-state index in [1.165, 1.54) is 0 Å². The zero-order chi connectivity index (χ0) is 25.0. The van der Waals surface area contributed by atoms with Gasteiger partial charge >= 0.3 is 5.97 Å². The van der Waals surface area contributed by atoms with Crippen molar-refractivity contribution in [1.29, 1.82) is 0 Å². The molecule has 0 amide bonds. The van der Waals surface area contributed by atoms with Gasteiger partial charge in [0.2, 0.25) is 0 Å². The van der Waals surface area contributed by atoms with E-state index < -0.39 is 11.4 Å². The largest absolute Gasteiger partial charge is 0.496 e. The Bertz CT molecular complexity index is 1290. The van der Waals surface area contributed by atoms with Gasteiger partial charge in [0.05, 0.1) is 42.8 Å². The van der Waals surface area contributed by atoms with E-state index in [4.69, 9.17) is 14.2 Å². The Kier molecular flexibility index (Phi) is 6.73. The quantitative estimate of drug-likeness (QED) is 0.339. The zero-order valence-electron chi connectivity index (χ0n) is 20.0. The van der Waals surface area contributed by atoms with Gasteiger partial charge in [0, 0.05) is 17.3 Å². The van der Waals surface area contributed by atoms with E-state index in [0.717, 1.165) is 28.1 Å². The maximum atomic E-state index is 11.2. The Morgan fingerprint density at radius 2 is 1.57 bits per heavy atom. The van der Waals surface area contributed by atoms with E-state index in [1.54, 1.807) is 40.5 Å². The monoisotopic (exact) mass is 473 g/mol. The third-order valence-corrected chi connectivity index (χ3v) is 5.64. The topological polar surface area (TPSA) is 107 Å². The summed E-state index contributed by atoms with van der Waals surface area (Å²) in [5.41, 5.74) is 3.17. The van der Waals surface area contributed by atoms with Gasteiger partial charge in [0.25, 0.3) is 0 Å². The molecule has 0 saturated carbocycles. The summed E-state index contributed by atoms with van der Waals surface area (Å²) in [7, 11) is 3.24. The number of rotatable bonds is 9. The highest BCUT2D eigenvalue weighted by Gasteiger charge is 2.28. The normalized spacial score (nSPS) is 11.2. The summed E-state index contributed by atoms with van der Waals surface area (Å²) in [6, 6.07) is 16.9. The zero-order valence-corrected chi connectivity index (χ0v) is 20.0. The Labute approximate surface area is 203 Å². The lowest BCUT2D eigenvalue weighted by atomic mass is 9.95. The summed E-state index contributed by atoms with van der Waals surface area (Å²) < 4.78 is 16.6. The summed E-state index contributed by atoms with van der Waals surface area (Å²) in [4.78, 5) is 23.7. The smallest absolute Gasteiger partial charge is 0.312 e. The molecule has 0 saturated heterocycles. The van der Waals surface area contributed by atoms with E-state index in [0.29, 0.717) is 23.1 Å². The number of ether oxygens (including phenoxy) is 3. The molecular weight excluding hydrogens is 446 g/mol. The molecule has 0 unspecified atom stereocenters. The Hall–Kier alpha value is -4.33. The Morgan fingerprint density at radius 3 is 2.14 bits per heavy atom. The van der Waals surface area contributed by atoms with Gasteiger partial charge in [-0.2, -0.15) is 0 Å². The standard InChI is InChI=1S/C27H27N3O5/c1-27(2,26(31)32)16-35-19-11-8-17(9-12-19)20-13-10-18(14-28-20)25-29-15-21(30-25)24-22(33-3)6-5-7-23(24)34-4/h5-15H,16H2,1-4H3,(H,29,30)(H,31,32). The molecule has 0 aliphatic carbocycles. The second kappa shape index (κ2) is 9.89. The van der Waals surface area contributed by atoms with E-state index in [9.17, 15) is 9.90 Å². The molecule has 0 aliphatic rings. The minimum atomic E-state index is -0.960.